The number of phenols is 1. The number of hydrogen-bond acceptors (Lipinski definition) is 6. The van der Waals surface area contributed by atoms with Gasteiger partial charge in [0, 0.05) is 6.92 Å². The maximum Gasteiger partial charge on any atom is 0.383 e. The Morgan fingerprint density at radius 3 is 2.78 bits per heavy atom. The second-order valence-electron chi connectivity index (χ2n) is 4.81. The first-order valence-electron chi connectivity index (χ1n) is 7.29. The Labute approximate surface area is 132 Å². The predicted octanol–water partition coefficient (Wildman–Crippen LogP) is 3.16. The topological polar surface area (TPSA) is 86.0 Å². The molecule has 2 rings (SSSR count). The van der Waals surface area contributed by atoms with Gasteiger partial charge in [-0.2, -0.15) is 0 Å². The zero-order valence-corrected chi connectivity index (χ0v) is 13.0. The second-order valence-corrected chi connectivity index (χ2v) is 4.81. The van der Waals surface area contributed by atoms with Crippen molar-refractivity contribution in [2.45, 2.75) is 26.7 Å². The highest BCUT2D eigenvalue weighted by molar-refractivity contribution is 5.91. The molecule has 6 heteroatoms. The van der Waals surface area contributed by atoms with Crippen molar-refractivity contribution in [3.8, 4) is 17.2 Å². The summed E-state index contributed by atoms with van der Waals surface area (Å²) in [7, 11) is 0. The fraction of sp³-hybridized carbons (Fsp3) is 0.294. The molecule has 0 aliphatic carbocycles. The van der Waals surface area contributed by atoms with E-state index in [9.17, 15) is 14.7 Å². The van der Waals surface area contributed by atoms with Crippen LogP contribution in [0.1, 0.15) is 26.7 Å². The maximum atomic E-state index is 12.1. The number of aromatic hydroxyl groups is 1. The van der Waals surface area contributed by atoms with Gasteiger partial charge in [-0.25, -0.2) is 4.79 Å². The van der Waals surface area contributed by atoms with Crippen LogP contribution in [0.3, 0.4) is 0 Å². The number of hydrogen-bond donors (Lipinski definition) is 1. The molecule has 0 spiro atoms. The molecule has 0 unspecified atom stereocenters. The van der Waals surface area contributed by atoms with E-state index in [0.29, 0.717) is 11.8 Å². The minimum Gasteiger partial charge on any atom is -0.504 e. The van der Waals surface area contributed by atoms with E-state index in [1.54, 1.807) is 12.1 Å². The van der Waals surface area contributed by atoms with Crippen molar-refractivity contribution in [1.29, 1.82) is 0 Å². The number of phenolic OH excluding ortho intramolecular Hbond substituents is 1. The van der Waals surface area contributed by atoms with Gasteiger partial charge in [0.05, 0.1) is 12.0 Å². The van der Waals surface area contributed by atoms with Crippen LogP contribution in [0.2, 0.25) is 0 Å². The van der Waals surface area contributed by atoms with Gasteiger partial charge in [0.2, 0.25) is 5.75 Å². The highest BCUT2D eigenvalue weighted by Gasteiger charge is 2.20. The number of fused-ring (bicyclic) bond motifs is 1. The quantitative estimate of drug-likeness (QED) is 0.381. The summed E-state index contributed by atoms with van der Waals surface area (Å²) < 4.78 is 15.7. The number of para-hydroxylation sites is 1. The highest BCUT2D eigenvalue weighted by atomic mass is 16.6. The van der Waals surface area contributed by atoms with E-state index in [-0.39, 0.29) is 29.4 Å². The number of allylic oxidation sites excluding steroid dienone is 1. The first-order chi connectivity index (χ1) is 11.0. The molecule has 0 amide bonds. The van der Waals surface area contributed by atoms with E-state index in [4.69, 9.17) is 13.9 Å². The number of benzene rings is 1. The van der Waals surface area contributed by atoms with Gasteiger partial charge >= 0.3 is 11.6 Å². The van der Waals surface area contributed by atoms with Crippen molar-refractivity contribution in [2.24, 2.45) is 0 Å². The van der Waals surface area contributed by atoms with Crippen LogP contribution in [-0.2, 0) is 4.79 Å². The smallest absolute Gasteiger partial charge is 0.383 e. The zero-order valence-electron chi connectivity index (χ0n) is 13.0. The lowest BCUT2D eigenvalue weighted by atomic mass is 10.2. The summed E-state index contributed by atoms with van der Waals surface area (Å²) in [5, 5.41) is 10.1. The second kappa shape index (κ2) is 7.49. The number of rotatable bonds is 6. The minimum atomic E-state index is -0.810. The van der Waals surface area contributed by atoms with Crippen molar-refractivity contribution in [1.82, 2.24) is 0 Å². The van der Waals surface area contributed by atoms with E-state index in [0.717, 1.165) is 6.42 Å². The molecule has 0 aliphatic heterocycles. The van der Waals surface area contributed by atoms with Crippen LogP contribution in [0.25, 0.3) is 11.0 Å². The molecule has 0 saturated carbocycles. The van der Waals surface area contributed by atoms with Gasteiger partial charge in [-0.3, -0.25) is 4.79 Å². The molecule has 1 heterocycles. The van der Waals surface area contributed by atoms with Gasteiger partial charge in [0.25, 0.3) is 0 Å². The van der Waals surface area contributed by atoms with Gasteiger partial charge in [0.1, 0.15) is 0 Å². The lowest BCUT2D eigenvalue weighted by molar-refractivity contribution is -0.131. The first-order valence-corrected chi connectivity index (χ1v) is 7.29. The van der Waals surface area contributed by atoms with Crippen LogP contribution in [0.5, 0.6) is 17.2 Å². The monoisotopic (exact) mass is 318 g/mol. The van der Waals surface area contributed by atoms with E-state index < -0.39 is 11.6 Å². The van der Waals surface area contributed by atoms with Crippen molar-refractivity contribution < 1.29 is 23.8 Å². The summed E-state index contributed by atoms with van der Waals surface area (Å²) in [6.45, 7) is 3.47. The highest BCUT2D eigenvalue weighted by Crippen LogP contribution is 2.36. The maximum absolute atomic E-state index is 12.1. The Bertz CT molecular complexity index is 788. The molecule has 1 aromatic carbocycles. The molecule has 0 radical (unpaired) electrons. The summed E-state index contributed by atoms with van der Waals surface area (Å²) in [5.74, 6) is -1.04. The average molecular weight is 318 g/mol. The Kier molecular flexibility index (Phi) is 5.41. The van der Waals surface area contributed by atoms with Crippen molar-refractivity contribution in [2.75, 3.05) is 6.61 Å². The molecule has 122 valence electrons. The van der Waals surface area contributed by atoms with Gasteiger partial charge < -0.3 is 19.0 Å². The molecular weight excluding hydrogens is 300 g/mol. The summed E-state index contributed by atoms with van der Waals surface area (Å²) in [5.41, 5.74) is -0.860. The van der Waals surface area contributed by atoms with Crippen LogP contribution in [0.15, 0.2) is 39.6 Å². The summed E-state index contributed by atoms with van der Waals surface area (Å²) in [4.78, 5) is 23.4. The van der Waals surface area contributed by atoms with Crippen molar-refractivity contribution in [3.05, 3.63) is 40.8 Å². The third-order valence-electron chi connectivity index (χ3n) is 3.00. The predicted molar refractivity (Wildman–Crippen MR) is 85.0 cm³/mol. The molecule has 1 aromatic heterocycles. The van der Waals surface area contributed by atoms with E-state index in [1.165, 1.54) is 13.0 Å². The van der Waals surface area contributed by atoms with Crippen LogP contribution in [0.4, 0.5) is 0 Å². The molecule has 0 fully saturated rings. The third kappa shape index (κ3) is 3.91. The van der Waals surface area contributed by atoms with Crippen LogP contribution in [0, 0.1) is 0 Å². The molecular formula is C17H18O6. The first kappa shape index (κ1) is 16.6. The SMILES string of the molecule is CC/C=C/CCOc1c(OC(C)=O)c2cccc(O)c2oc1=O. The van der Waals surface area contributed by atoms with E-state index in [1.807, 2.05) is 19.1 Å². The Morgan fingerprint density at radius 1 is 1.30 bits per heavy atom. The summed E-state index contributed by atoms with van der Waals surface area (Å²) in [6, 6.07) is 4.50. The lowest BCUT2D eigenvalue weighted by Crippen LogP contribution is -2.13. The lowest BCUT2D eigenvalue weighted by Gasteiger charge is -2.11. The fourth-order valence-corrected chi connectivity index (χ4v) is 2.05. The number of carbonyl (C=O) groups excluding carboxylic acids is 1. The van der Waals surface area contributed by atoms with Crippen LogP contribution >= 0.6 is 0 Å². The molecule has 2 aromatic rings. The van der Waals surface area contributed by atoms with Crippen LogP contribution in [-0.4, -0.2) is 17.7 Å². The van der Waals surface area contributed by atoms with E-state index in [2.05, 4.69) is 0 Å². The van der Waals surface area contributed by atoms with Crippen molar-refractivity contribution in [3.63, 3.8) is 0 Å². The average Bonchev–Trinajstić information content (AvgIpc) is 2.50. The van der Waals surface area contributed by atoms with Crippen LogP contribution < -0.4 is 15.1 Å². The van der Waals surface area contributed by atoms with Gasteiger partial charge in [-0.05, 0) is 25.0 Å². The molecule has 0 atom stereocenters. The third-order valence-corrected chi connectivity index (χ3v) is 3.00. The molecule has 23 heavy (non-hydrogen) atoms. The molecule has 0 saturated heterocycles. The number of esters is 1. The normalized spacial score (nSPS) is 11.0. The Hall–Kier alpha value is -2.76. The van der Waals surface area contributed by atoms with E-state index >= 15 is 0 Å². The Balaban J connectivity index is 2.45. The standard InChI is InChI=1S/C17H18O6/c1-3-4-5-6-10-21-16-15(22-11(2)18)12-8-7-9-13(19)14(12)23-17(16)20/h4-5,7-9,19H,3,6,10H2,1-2H3/b5-4+. The van der Waals surface area contributed by atoms with Gasteiger partial charge in [-0.1, -0.05) is 25.1 Å². The zero-order chi connectivity index (χ0) is 16.8. The number of carbonyl (C=O) groups is 1. The molecule has 0 aliphatic rings. The van der Waals surface area contributed by atoms with Gasteiger partial charge in [0.15, 0.2) is 17.1 Å². The van der Waals surface area contributed by atoms with Crippen molar-refractivity contribution >= 4 is 16.9 Å². The summed E-state index contributed by atoms with van der Waals surface area (Å²) >= 11 is 0. The summed E-state index contributed by atoms with van der Waals surface area (Å²) in [6.07, 6.45) is 5.43. The number of ether oxygens (including phenoxy) is 2. The Morgan fingerprint density at radius 2 is 2.09 bits per heavy atom. The minimum absolute atomic E-state index is 0.0425. The largest absolute Gasteiger partial charge is 0.504 e. The van der Waals surface area contributed by atoms with Gasteiger partial charge in [-0.15, -0.1) is 0 Å². The molecule has 1 N–H and O–H groups in total. The molecule has 0 bridgehead atoms. The fourth-order valence-electron chi connectivity index (χ4n) is 2.05. The molecule has 6 nitrogen and oxygen atoms in total.